The van der Waals surface area contributed by atoms with Gasteiger partial charge in [0.1, 0.15) is 5.82 Å². The molecule has 1 heterocycles. The van der Waals surface area contributed by atoms with Gasteiger partial charge in [-0.05, 0) is 24.3 Å². The number of nitrogens with zero attached hydrogens (tertiary/aromatic N) is 2. The van der Waals surface area contributed by atoms with Gasteiger partial charge in [-0.2, -0.15) is 0 Å². The van der Waals surface area contributed by atoms with E-state index >= 15 is 0 Å². The fourth-order valence-corrected chi connectivity index (χ4v) is 2.99. The van der Waals surface area contributed by atoms with Gasteiger partial charge in [0.15, 0.2) is 0 Å². The third kappa shape index (κ3) is 2.56. The summed E-state index contributed by atoms with van der Waals surface area (Å²) in [4.78, 5) is 29.4. The largest absolute Gasteiger partial charge is 0.478 e. The van der Waals surface area contributed by atoms with E-state index in [1.165, 1.54) is 16.7 Å². The van der Waals surface area contributed by atoms with Crippen molar-refractivity contribution in [2.75, 3.05) is 0 Å². The number of carbonyl (C=O) groups is 2. The van der Waals surface area contributed by atoms with Crippen LogP contribution in [-0.2, 0) is 0 Å². The third-order valence-electron chi connectivity index (χ3n) is 4.18. The number of rotatable bonds is 3. The predicted octanol–water partition coefficient (Wildman–Crippen LogP) is 4.09. The molecule has 4 aromatic rings. The van der Waals surface area contributed by atoms with Gasteiger partial charge in [0.05, 0.1) is 22.2 Å². The lowest BCUT2D eigenvalue weighted by Crippen LogP contribution is -2.17. The molecular weight excluding hydrogens is 328 g/mol. The van der Waals surface area contributed by atoms with Gasteiger partial charge in [0.25, 0.3) is 5.91 Å². The zero-order valence-corrected chi connectivity index (χ0v) is 13.7. The Morgan fingerprint density at radius 1 is 0.769 bits per heavy atom. The average Bonchev–Trinajstić information content (AvgIpc) is 3.07. The minimum absolute atomic E-state index is 0.0331. The number of aromatic nitrogens is 2. The minimum atomic E-state index is -1.14. The van der Waals surface area contributed by atoms with Gasteiger partial charge in [-0.3, -0.25) is 9.36 Å². The first-order valence-electron chi connectivity index (χ1n) is 8.07. The van der Waals surface area contributed by atoms with Crippen LogP contribution in [0.4, 0.5) is 0 Å². The number of benzene rings is 3. The number of hydrogen-bond donors (Lipinski definition) is 1. The first-order chi connectivity index (χ1) is 12.7. The first-order valence-corrected chi connectivity index (χ1v) is 8.07. The predicted molar refractivity (Wildman–Crippen MR) is 98.3 cm³/mol. The molecule has 4 rings (SSSR count). The number of aromatic carboxylic acids is 1. The number of hydrogen-bond acceptors (Lipinski definition) is 3. The number of carbonyl (C=O) groups excluding carboxylic acids is 1. The van der Waals surface area contributed by atoms with Gasteiger partial charge in [-0.15, -0.1) is 0 Å². The van der Waals surface area contributed by atoms with Crippen molar-refractivity contribution in [3.63, 3.8) is 0 Å². The van der Waals surface area contributed by atoms with E-state index in [4.69, 9.17) is 0 Å². The van der Waals surface area contributed by atoms with Gasteiger partial charge in [0, 0.05) is 5.56 Å². The van der Waals surface area contributed by atoms with Gasteiger partial charge in [-0.25, -0.2) is 9.78 Å². The van der Waals surface area contributed by atoms with Crippen molar-refractivity contribution in [2.24, 2.45) is 0 Å². The molecule has 0 spiro atoms. The Bertz CT molecular complexity index is 1130. The summed E-state index contributed by atoms with van der Waals surface area (Å²) in [6.07, 6.45) is 0. The number of carboxylic acids is 1. The molecule has 1 N–H and O–H groups in total. The summed E-state index contributed by atoms with van der Waals surface area (Å²) in [5.74, 6) is -1.08. The zero-order chi connectivity index (χ0) is 18.1. The quantitative estimate of drug-likeness (QED) is 0.609. The van der Waals surface area contributed by atoms with Crippen LogP contribution < -0.4 is 0 Å². The van der Waals surface area contributed by atoms with E-state index in [-0.39, 0.29) is 11.1 Å². The number of imidazole rings is 1. The Morgan fingerprint density at radius 3 is 2.12 bits per heavy atom. The highest BCUT2D eigenvalue weighted by Crippen LogP contribution is 2.26. The van der Waals surface area contributed by atoms with Crippen molar-refractivity contribution >= 4 is 22.9 Å². The Hall–Kier alpha value is -3.73. The number of para-hydroxylation sites is 2. The second-order valence-electron chi connectivity index (χ2n) is 5.78. The molecule has 26 heavy (non-hydrogen) atoms. The molecule has 1 aromatic heterocycles. The SMILES string of the molecule is O=C(O)c1ccccc1C(=O)n1c(-c2ccccc2)nc2ccccc21. The van der Waals surface area contributed by atoms with Gasteiger partial charge >= 0.3 is 5.97 Å². The fourth-order valence-electron chi connectivity index (χ4n) is 2.99. The molecule has 0 aliphatic heterocycles. The van der Waals surface area contributed by atoms with E-state index in [0.717, 1.165) is 5.56 Å². The van der Waals surface area contributed by atoms with Crippen LogP contribution in [0.3, 0.4) is 0 Å². The van der Waals surface area contributed by atoms with Crippen LogP contribution in [0.15, 0.2) is 78.9 Å². The lowest BCUT2D eigenvalue weighted by Gasteiger charge is -2.10. The lowest BCUT2D eigenvalue weighted by molar-refractivity contribution is 0.0691. The zero-order valence-electron chi connectivity index (χ0n) is 13.7. The van der Waals surface area contributed by atoms with Crippen molar-refractivity contribution in [3.05, 3.63) is 90.0 Å². The van der Waals surface area contributed by atoms with Crippen molar-refractivity contribution in [1.82, 2.24) is 9.55 Å². The summed E-state index contributed by atoms with van der Waals surface area (Å²) < 4.78 is 1.48. The molecule has 3 aromatic carbocycles. The molecule has 0 saturated carbocycles. The second kappa shape index (κ2) is 6.29. The lowest BCUT2D eigenvalue weighted by atomic mass is 10.1. The van der Waals surface area contributed by atoms with Crippen LogP contribution in [0.25, 0.3) is 22.4 Å². The number of fused-ring (bicyclic) bond motifs is 1. The summed E-state index contributed by atoms with van der Waals surface area (Å²) >= 11 is 0. The Balaban J connectivity index is 2.00. The van der Waals surface area contributed by atoms with Crippen LogP contribution in [-0.4, -0.2) is 26.5 Å². The molecule has 0 atom stereocenters. The van der Waals surface area contributed by atoms with Crippen molar-refractivity contribution < 1.29 is 14.7 Å². The molecule has 0 saturated heterocycles. The smallest absolute Gasteiger partial charge is 0.336 e. The standard InChI is InChI=1S/C21H14N2O3/c24-20(15-10-4-5-11-16(15)21(25)26)23-18-13-7-6-12-17(18)22-19(23)14-8-2-1-3-9-14/h1-13H,(H,25,26). The Morgan fingerprint density at radius 2 is 1.38 bits per heavy atom. The molecule has 0 fully saturated rings. The molecule has 126 valence electrons. The summed E-state index contributed by atoms with van der Waals surface area (Å²) in [6.45, 7) is 0. The average molecular weight is 342 g/mol. The molecular formula is C21H14N2O3. The van der Waals surface area contributed by atoms with Crippen molar-refractivity contribution in [3.8, 4) is 11.4 Å². The van der Waals surface area contributed by atoms with E-state index in [9.17, 15) is 14.7 Å². The van der Waals surface area contributed by atoms with Crippen molar-refractivity contribution in [1.29, 1.82) is 0 Å². The summed E-state index contributed by atoms with van der Waals surface area (Å²) in [5.41, 5.74) is 2.18. The molecule has 0 unspecified atom stereocenters. The maximum Gasteiger partial charge on any atom is 0.336 e. The molecule has 0 aliphatic carbocycles. The minimum Gasteiger partial charge on any atom is -0.478 e. The maximum absolute atomic E-state index is 13.3. The van der Waals surface area contributed by atoms with Gasteiger partial charge in [-0.1, -0.05) is 54.6 Å². The molecule has 5 heteroatoms. The van der Waals surface area contributed by atoms with Crippen LogP contribution >= 0.6 is 0 Å². The first kappa shape index (κ1) is 15.8. The molecule has 0 amide bonds. The Kier molecular flexibility index (Phi) is 3.82. The Labute approximate surface area is 149 Å². The number of carboxylic acid groups (broad SMARTS) is 1. The maximum atomic E-state index is 13.3. The van der Waals surface area contributed by atoms with E-state index in [1.807, 2.05) is 48.5 Å². The van der Waals surface area contributed by atoms with Crippen LogP contribution in [0, 0.1) is 0 Å². The summed E-state index contributed by atoms with van der Waals surface area (Å²) in [7, 11) is 0. The highest BCUT2D eigenvalue weighted by atomic mass is 16.4. The van der Waals surface area contributed by atoms with E-state index < -0.39 is 11.9 Å². The van der Waals surface area contributed by atoms with Gasteiger partial charge in [0.2, 0.25) is 0 Å². The molecule has 5 nitrogen and oxygen atoms in total. The van der Waals surface area contributed by atoms with E-state index in [1.54, 1.807) is 18.2 Å². The summed E-state index contributed by atoms with van der Waals surface area (Å²) in [5, 5.41) is 9.43. The highest BCUT2D eigenvalue weighted by molar-refractivity contribution is 6.09. The molecule has 0 bridgehead atoms. The highest BCUT2D eigenvalue weighted by Gasteiger charge is 2.23. The van der Waals surface area contributed by atoms with Crippen LogP contribution in [0.2, 0.25) is 0 Å². The fraction of sp³-hybridized carbons (Fsp3) is 0. The second-order valence-corrected chi connectivity index (χ2v) is 5.78. The topological polar surface area (TPSA) is 72.2 Å². The van der Waals surface area contributed by atoms with Crippen LogP contribution in [0.5, 0.6) is 0 Å². The van der Waals surface area contributed by atoms with Crippen molar-refractivity contribution in [2.45, 2.75) is 0 Å². The van der Waals surface area contributed by atoms with Crippen LogP contribution in [0.1, 0.15) is 20.7 Å². The van der Waals surface area contributed by atoms with E-state index in [2.05, 4.69) is 4.98 Å². The molecule has 0 radical (unpaired) electrons. The third-order valence-corrected chi connectivity index (χ3v) is 4.18. The monoisotopic (exact) mass is 342 g/mol. The normalized spacial score (nSPS) is 10.8. The van der Waals surface area contributed by atoms with Gasteiger partial charge < -0.3 is 5.11 Å². The summed E-state index contributed by atoms with van der Waals surface area (Å²) in [6, 6.07) is 22.9. The molecule has 0 aliphatic rings. The van der Waals surface area contributed by atoms with E-state index in [0.29, 0.717) is 16.9 Å².